The molecule has 8 nitrogen and oxygen atoms in total. The Kier molecular flexibility index (Phi) is 5.01. The van der Waals surface area contributed by atoms with E-state index in [2.05, 4.69) is 14.7 Å². The first-order valence-electron chi connectivity index (χ1n) is 10.2. The van der Waals surface area contributed by atoms with E-state index in [4.69, 9.17) is 0 Å². The van der Waals surface area contributed by atoms with Crippen LogP contribution in [0.3, 0.4) is 0 Å². The summed E-state index contributed by atoms with van der Waals surface area (Å²) < 4.78 is 66.1. The van der Waals surface area contributed by atoms with Gasteiger partial charge in [-0.05, 0) is 29.7 Å². The van der Waals surface area contributed by atoms with Crippen LogP contribution in [-0.4, -0.2) is 35.8 Å². The number of hydrogen-bond donors (Lipinski definition) is 1. The molecular weight excluding hydrogens is 471 g/mol. The molecule has 1 aliphatic heterocycles. The Balaban J connectivity index is 1.57. The molecule has 34 heavy (non-hydrogen) atoms. The van der Waals surface area contributed by atoms with Gasteiger partial charge in [-0.3, -0.25) is 14.5 Å². The molecule has 0 bridgehead atoms. The predicted octanol–water partition coefficient (Wildman–Crippen LogP) is 3.36. The molecule has 0 aliphatic carbocycles. The van der Waals surface area contributed by atoms with Crippen molar-refractivity contribution in [3.8, 4) is 0 Å². The van der Waals surface area contributed by atoms with E-state index in [1.165, 1.54) is 10.6 Å². The molecule has 0 spiro atoms. The fourth-order valence-electron chi connectivity index (χ4n) is 4.05. The van der Waals surface area contributed by atoms with Crippen molar-refractivity contribution in [3.63, 3.8) is 0 Å². The Morgan fingerprint density at radius 2 is 1.82 bits per heavy atom. The van der Waals surface area contributed by atoms with Gasteiger partial charge in [-0.1, -0.05) is 12.1 Å². The lowest BCUT2D eigenvalue weighted by Crippen LogP contribution is -2.33. The van der Waals surface area contributed by atoms with Gasteiger partial charge in [0, 0.05) is 30.4 Å². The number of hydrogen-bond acceptors (Lipinski definition) is 6. The number of halogens is 3. The first-order chi connectivity index (χ1) is 16.0. The van der Waals surface area contributed by atoms with Crippen LogP contribution in [0.1, 0.15) is 11.5 Å². The van der Waals surface area contributed by atoms with Crippen molar-refractivity contribution in [3.05, 3.63) is 70.5 Å². The average molecular weight is 489 g/mol. The van der Waals surface area contributed by atoms with Gasteiger partial charge in [0.1, 0.15) is 5.82 Å². The summed E-state index contributed by atoms with van der Waals surface area (Å²) in [5.74, 6) is 0.279. The highest BCUT2D eigenvalue weighted by Gasteiger charge is 2.35. The second-order valence-corrected chi connectivity index (χ2v) is 9.87. The standard InChI is InChI=1S/C22H18F3N5O3S/c1-34(32,33)28-14-4-2-13-3-5-18-17(21(31)16(13)8-14)9-15(10-26-18)29-6-7-30-11-19(22(23,24)25)27-20(30)12-29/h2-5,8-11,28H,6-7,12H2,1H3. The maximum atomic E-state index is 13.4. The minimum atomic E-state index is -4.52. The van der Waals surface area contributed by atoms with Gasteiger partial charge in [-0.25, -0.2) is 13.4 Å². The van der Waals surface area contributed by atoms with Crippen molar-refractivity contribution >= 4 is 43.1 Å². The van der Waals surface area contributed by atoms with Crippen molar-refractivity contribution in [2.24, 2.45) is 0 Å². The quantitative estimate of drug-likeness (QED) is 0.474. The Morgan fingerprint density at radius 3 is 2.56 bits per heavy atom. The van der Waals surface area contributed by atoms with E-state index >= 15 is 0 Å². The van der Waals surface area contributed by atoms with Crippen LogP contribution in [0.15, 0.2) is 53.6 Å². The zero-order valence-corrected chi connectivity index (χ0v) is 18.6. The molecule has 0 amide bonds. The van der Waals surface area contributed by atoms with Crippen LogP contribution < -0.4 is 15.1 Å². The zero-order valence-electron chi connectivity index (χ0n) is 17.8. The minimum Gasteiger partial charge on any atom is -0.361 e. The first kappa shape index (κ1) is 22.1. The van der Waals surface area contributed by atoms with Gasteiger partial charge in [0.2, 0.25) is 10.0 Å². The van der Waals surface area contributed by atoms with Crippen LogP contribution in [0, 0.1) is 0 Å². The number of benzene rings is 1. The summed E-state index contributed by atoms with van der Waals surface area (Å²) in [5.41, 5.74) is 0.0238. The summed E-state index contributed by atoms with van der Waals surface area (Å²) in [6.07, 6.45) is -0.910. The minimum absolute atomic E-state index is 0.138. The zero-order chi connectivity index (χ0) is 24.3. The van der Waals surface area contributed by atoms with Gasteiger partial charge in [-0.15, -0.1) is 0 Å². The van der Waals surface area contributed by atoms with Crippen molar-refractivity contribution in [1.82, 2.24) is 14.5 Å². The molecule has 0 saturated heterocycles. The molecule has 0 atom stereocenters. The summed E-state index contributed by atoms with van der Waals surface area (Å²) in [6.45, 7) is 0.871. The molecule has 0 radical (unpaired) electrons. The van der Waals surface area contributed by atoms with Crippen molar-refractivity contribution < 1.29 is 21.6 Å². The predicted molar refractivity (Wildman–Crippen MR) is 122 cm³/mol. The van der Waals surface area contributed by atoms with Crippen LogP contribution in [0.2, 0.25) is 0 Å². The van der Waals surface area contributed by atoms with Gasteiger partial charge in [0.25, 0.3) is 0 Å². The molecule has 1 N–H and O–H groups in total. The lowest BCUT2D eigenvalue weighted by Gasteiger charge is -2.29. The molecule has 3 heterocycles. The number of alkyl halides is 3. The molecule has 2 aromatic carbocycles. The fourth-order valence-corrected chi connectivity index (χ4v) is 4.61. The topological polar surface area (TPSA) is 97.2 Å². The molecule has 12 heteroatoms. The van der Waals surface area contributed by atoms with Crippen LogP contribution >= 0.6 is 0 Å². The Labute approximate surface area is 191 Å². The van der Waals surface area contributed by atoms with E-state index < -0.39 is 21.9 Å². The third-order valence-electron chi connectivity index (χ3n) is 5.63. The number of anilines is 2. The van der Waals surface area contributed by atoms with Crippen molar-refractivity contribution in [1.29, 1.82) is 0 Å². The van der Waals surface area contributed by atoms with Crippen molar-refractivity contribution in [2.75, 3.05) is 22.4 Å². The van der Waals surface area contributed by atoms with E-state index in [1.54, 1.807) is 36.5 Å². The van der Waals surface area contributed by atoms with Gasteiger partial charge in [0.05, 0.1) is 35.6 Å². The molecular formula is C22H18F3N5O3S. The van der Waals surface area contributed by atoms with Crippen LogP contribution in [0.4, 0.5) is 24.5 Å². The van der Waals surface area contributed by atoms with Gasteiger partial charge in [-0.2, -0.15) is 13.2 Å². The normalized spacial score (nSPS) is 14.4. The number of fused-ring (bicyclic) bond motifs is 3. The highest BCUT2D eigenvalue weighted by molar-refractivity contribution is 7.92. The van der Waals surface area contributed by atoms with Crippen molar-refractivity contribution in [2.45, 2.75) is 19.3 Å². The number of rotatable bonds is 3. The molecule has 176 valence electrons. The van der Waals surface area contributed by atoms with Crippen LogP contribution in [0.25, 0.3) is 21.7 Å². The van der Waals surface area contributed by atoms with E-state index in [0.717, 1.165) is 12.5 Å². The number of aromatic nitrogens is 3. The summed E-state index contributed by atoms with van der Waals surface area (Å²) >= 11 is 0. The highest BCUT2D eigenvalue weighted by Crippen LogP contribution is 2.30. The molecule has 1 aliphatic rings. The maximum absolute atomic E-state index is 13.4. The summed E-state index contributed by atoms with van der Waals surface area (Å²) in [5, 5.41) is 1.24. The second kappa shape index (κ2) is 7.69. The SMILES string of the molecule is CS(=O)(=O)Nc1ccc2ccc3ncc(N4CCn5cc(C(F)(F)F)nc5C4)cc3c(=O)c2c1. The first-order valence-corrected chi connectivity index (χ1v) is 12.1. The Morgan fingerprint density at radius 1 is 1.06 bits per heavy atom. The third kappa shape index (κ3) is 4.16. The number of pyridine rings is 1. The number of nitrogens with zero attached hydrogens (tertiary/aromatic N) is 4. The number of nitrogens with one attached hydrogen (secondary N) is 1. The Hall–Kier alpha value is -3.67. The maximum Gasteiger partial charge on any atom is 0.434 e. The molecule has 4 aromatic rings. The molecule has 0 fully saturated rings. The molecule has 2 aromatic heterocycles. The number of imidazole rings is 1. The second-order valence-electron chi connectivity index (χ2n) is 8.12. The average Bonchev–Trinajstić information content (AvgIpc) is 3.15. The van der Waals surface area contributed by atoms with E-state index in [-0.39, 0.29) is 23.5 Å². The van der Waals surface area contributed by atoms with Crippen LogP contribution in [-0.2, 0) is 29.3 Å². The lowest BCUT2D eigenvalue weighted by atomic mass is 10.1. The Bertz CT molecular complexity index is 1620. The number of sulfonamides is 1. The van der Waals surface area contributed by atoms with E-state index in [9.17, 15) is 26.4 Å². The smallest absolute Gasteiger partial charge is 0.361 e. The van der Waals surface area contributed by atoms with Crippen LogP contribution in [0.5, 0.6) is 0 Å². The monoisotopic (exact) mass is 489 g/mol. The molecule has 0 unspecified atom stereocenters. The summed E-state index contributed by atoms with van der Waals surface area (Å²) in [7, 11) is -3.52. The highest BCUT2D eigenvalue weighted by atomic mass is 32.2. The van der Waals surface area contributed by atoms with Gasteiger partial charge >= 0.3 is 6.18 Å². The van der Waals surface area contributed by atoms with E-state index in [0.29, 0.717) is 40.5 Å². The summed E-state index contributed by atoms with van der Waals surface area (Å²) in [6, 6.07) is 9.77. The van der Waals surface area contributed by atoms with Gasteiger partial charge < -0.3 is 9.47 Å². The lowest BCUT2D eigenvalue weighted by molar-refractivity contribution is -0.141. The molecule has 0 saturated carbocycles. The fraction of sp³-hybridized carbons (Fsp3) is 0.227. The van der Waals surface area contributed by atoms with Gasteiger partial charge in [0.15, 0.2) is 11.1 Å². The largest absolute Gasteiger partial charge is 0.434 e. The van der Waals surface area contributed by atoms with E-state index in [1.807, 2.05) is 4.90 Å². The third-order valence-corrected chi connectivity index (χ3v) is 6.23. The summed E-state index contributed by atoms with van der Waals surface area (Å²) in [4.78, 5) is 23.3. The molecule has 5 rings (SSSR count).